The molecule has 6 heteroatoms. The van der Waals surface area contributed by atoms with E-state index in [1.54, 1.807) is 6.26 Å². The summed E-state index contributed by atoms with van der Waals surface area (Å²) in [5, 5.41) is 18.9. The van der Waals surface area contributed by atoms with Gasteiger partial charge in [-0.25, -0.2) is 4.98 Å². The van der Waals surface area contributed by atoms with Crippen molar-refractivity contribution < 1.29 is 9.52 Å². The molecule has 4 rings (SSSR count). The topological polar surface area (TPSA) is 89.1 Å². The lowest BCUT2D eigenvalue weighted by Crippen LogP contribution is -2.36. The highest BCUT2D eigenvalue weighted by molar-refractivity contribution is 6.23. The average Bonchev–Trinajstić information content (AvgIpc) is 3.26. The Morgan fingerprint density at radius 1 is 1.33 bits per heavy atom. The van der Waals surface area contributed by atoms with Crippen LogP contribution in [0.4, 0.5) is 0 Å². The van der Waals surface area contributed by atoms with Crippen molar-refractivity contribution in [1.29, 1.82) is 5.41 Å². The third kappa shape index (κ3) is 2.36. The Bertz CT molecular complexity index is 891. The Hall–Kier alpha value is -3.02. The Morgan fingerprint density at radius 3 is 2.92 bits per heavy atom. The number of imidazole rings is 1. The van der Waals surface area contributed by atoms with Crippen molar-refractivity contribution in [1.82, 2.24) is 14.9 Å². The molecule has 0 aliphatic carbocycles. The summed E-state index contributed by atoms with van der Waals surface area (Å²) in [4.78, 5) is 9.56. The van der Waals surface area contributed by atoms with E-state index >= 15 is 0 Å². The summed E-state index contributed by atoms with van der Waals surface area (Å²) in [6.45, 7) is 2.33. The number of nitrogens with zero attached hydrogens (tertiary/aromatic N) is 2. The quantitative estimate of drug-likeness (QED) is 0.687. The number of furan rings is 1. The van der Waals surface area contributed by atoms with Crippen LogP contribution in [-0.2, 0) is 6.42 Å². The predicted molar refractivity (Wildman–Crippen MR) is 91.9 cm³/mol. The molecule has 122 valence electrons. The van der Waals surface area contributed by atoms with Crippen molar-refractivity contribution in [3.8, 4) is 0 Å². The van der Waals surface area contributed by atoms with Crippen LogP contribution in [0.15, 0.2) is 52.8 Å². The van der Waals surface area contributed by atoms with Crippen molar-refractivity contribution in [3.05, 3.63) is 60.0 Å². The van der Waals surface area contributed by atoms with Crippen molar-refractivity contribution in [2.45, 2.75) is 19.4 Å². The van der Waals surface area contributed by atoms with Gasteiger partial charge in [-0.3, -0.25) is 5.41 Å². The van der Waals surface area contributed by atoms with E-state index in [2.05, 4.69) is 9.97 Å². The second-order valence-electron chi connectivity index (χ2n) is 6.03. The van der Waals surface area contributed by atoms with Crippen LogP contribution in [0.5, 0.6) is 0 Å². The minimum Gasteiger partial charge on any atom is -0.510 e. The van der Waals surface area contributed by atoms with Gasteiger partial charge >= 0.3 is 0 Å². The summed E-state index contributed by atoms with van der Waals surface area (Å²) in [7, 11) is 0. The minimum atomic E-state index is 0.0349. The van der Waals surface area contributed by atoms with Crippen LogP contribution >= 0.6 is 0 Å². The van der Waals surface area contributed by atoms with Crippen LogP contribution in [0, 0.1) is 5.41 Å². The number of aromatic nitrogens is 2. The zero-order valence-electron chi connectivity index (χ0n) is 13.3. The van der Waals surface area contributed by atoms with E-state index in [0.29, 0.717) is 24.4 Å². The molecule has 0 fully saturated rings. The molecule has 0 radical (unpaired) electrons. The van der Waals surface area contributed by atoms with Crippen LogP contribution in [-0.4, -0.2) is 38.4 Å². The molecule has 1 aromatic carbocycles. The fourth-order valence-corrected chi connectivity index (χ4v) is 3.13. The van der Waals surface area contributed by atoms with Crippen molar-refractivity contribution in [2.24, 2.45) is 0 Å². The number of aliphatic hydroxyl groups is 1. The molecule has 0 amide bonds. The second kappa shape index (κ2) is 5.56. The fourth-order valence-electron chi connectivity index (χ4n) is 3.13. The first-order valence-electron chi connectivity index (χ1n) is 7.88. The summed E-state index contributed by atoms with van der Waals surface area (Å²) < 4.78 is 5.39. The molecule has 1 atom stereocenters. The van der Waals surface area contributed by atoms with Crippen molar-refractivity contribution in [2.75, 3.05) is 6.54 Å². The SMILES string of the molecule is C[C@H](Cc1ccco1)N1CC(O)=C(c2nc3ccccc3[nH]2)C1=N. The Kier molecular flexibility index (Phi) is 3.37. The molecule has 3 N–H and O–H groups in total. The second-order valence-corrected chi connectivity index (χ2v) is 6.03. The maximum absolute atomic E-state index is 10.4. The minimum absolute atomic E-state index is 0.0349. The number of fused-ring (bicyclic) bond motifs is 1. The lowest BCUT2D eigenvalue weighted by atomic mass is 10.1. The van der Waals surface area contributed by atoms with E-state index in [1.807, 2.05) is 48.2 Å². The molecule has 0 spiro atoms. The van der Waals surface area contributed by atoms with Gasteiger partial charge in [-0.1, -0.05) is 12.1 Å². The van der Waals surface area contributed by atoms with E-state index in [4.69, 9.17) is 9.83 Å². The molecule has 0 unspecified atom stereocenters. The molecular weight excluding hydrogens is 304 g/mol. The molecule has 2 aromatic heterocycles. The maximum atomic E-state index is 10.4. The molecule has 1 aliphatic heterocycles. The summed E-state index contributed by atoms with van der Waals surface area (Å²) in [6.07, 6.45) is 2.32. The summed E-state index contributed by atoms with van der Waals surface area (Å²) in [5.74, 6) is 1.86. The summed E-state index contributed by atoms with van der Waals surface area (Å²) >= 11 is 0. The fraction of sp³-hybridized carbons (Fsp3) is 0.222. The number of nitrogens with one attached hydrogen (secondary N) is 2. The predicted octanol–water partition coefficient (Wildman–Crippen LogP) is 3.35. The number of para-hydroxylation sites is 2. The number of H-pyrrole nitrogens is 1. The first-order chi connectivity index (χ1) is 11.6. The van der Waals surface area contributed by atoms with Crippen LogP contribution in [0.3, 0.4) is 0 Å². The normalized spacial score (nSPS) is 16.4. The Labute approximate surface area is 138 Å². The van der Waals surface area contributed by atoms with Gasteiger partial charge in [0.05, 0.1) is 29.4 Å². The lowest BCUT2D eigenvalue weighted by molar-refractivity contribution is 0.295. The number of amidine groups is 1. The van der Waals surface area contributed by atoms with Crippen molar-refractivity contribution in [3.63, 3.8) is 0 Å². The highest BCUT2D eigenvalue weighted by atomic mass is 16.3. The van der Waals surface area contributed by atoms with Gasteiger partial charge in [0.2, 0.25) is 0 Å². The van der Waals surface area contributed by atoms with Gasteiger partial charge in [-0.2, -0.15) is 0 Å². The lowest BCUT2D eigenvalue weighted by Gasteiger charge is -2.25. The Morgan fingerprint density at radius 2 is 2.17 bits per heavy atom. The van der Waals surface area contributed by atoms with E-state index in [1.165, 1.54) is 0 Å². The molecule has 24 heavy (non-hydrogen) atoms. The zero-order chi connectivity index (χ0) is 16.7. The van der Waals surface area contributed by atoms with Gasteiger partial charge in [0.1, 0.15) is 23.2 Å². The molecular formula is C18H18N4O2. The molecule has 1 aliphatic rings. The molecule has 3 aromatic rings. The maximum Gasteiger partial charge on any atom is 0.145 e. The van der Waals surface area contributed by atoms with Gasteiger partial charge in [0.15, 0.2) is 0 Å². The zero-order valence-corrected chi connectivity index (χ0v) is 13.3. The molecule has 3 heterocycles. The van der Waals surface area contributed by atoms with Crippen LogP contribution in [0.2, 0.25) is 0 Å². The third-order valence-electron chi connectivity index (χ3n) is 4.37. The highest BCUT2D eigenvalue weighted by Gasteiger charge is 2.33. The number of hydrogen-bond acceptors (Lipinski definition) is 4. The number of hydrogen-bond donors (Lipinski definition) is 3. The first kappa shape index (κ1) is 14.6. The van der Waals surface area contributed by atoms with Gasteiger partial charge in [-0.05, 0) is 31.2 Å². The van der Waals surface area contributed by atoms with Gasteiger partial charge < -0.3 is 19.4 Å². The van der Waals surface area contributed by atoms with Crippen LogP contribution in [0.1, 0.15) is 18.5 Å². The molecule has 0 saturated carbocycles. The summed E-state index contributed by atoms with van der Waals surface area (Å²) in [5.41, 5.74) is 2.18. The third-order valence-corrected chi connectivity index (χ3v) is 4.37. The average molecular weight is 322 g/mol. The van der Waals surface area contributed by atoms with E-state index < -0.39 is 0 Å². The summed E-state index contributed by atoms with van der Waals surface area (Å²) in [6, 6.07) is 11.5. The standard InChI is InChI=1S/C18H18N4O2/c1-11(9-12-5-4-8-24-12)22-10-15(23)16(17(22)19)18-20-13-6-2-3-7-14(13)21-18/h2-8,11,19,23H,9-10H2,1H3,(H,20,21)/t11-/m1/s1. The molecule has 0 saturated heterocycles. The monoisotopic (exact) mass is 322 g/mol. The van der Waals surface area contributed by atoms with E-state index in [0.717, 1.165) is 16.8 Å². The number of aromatic amines is 1. The van der Waals surface area contributed by atoms with E-state index in [-0.39, 0.29) is 17.6 Å². The van der Waals surface area contributed by atoms with Gasteiger partial charge in [0, 0.05) is 12.5 Å². The smallest absolute Gasteiger partial charge is 0.145 e. The largest absolute Gasteiger partial charge is 0.510 e. The number of benzene rings is 1. The highest BCUT2D eigenvalue weighted by Crippen LogP contribution is 2.29. The molecule has 6 nitrogen and oxygen atoms in total. The first-order valence-corrected chi connectivity index (χ1v) is 7.88. The van der Waals surface area contributed by atoms with E-state index in [9.17, 15) is 5.11 Å². The van der Waals surface area contributed by atoms with Crippen LogP contribution < -0.4 is 0 Å². The number of aliphatic hydroxyl groups excluding tert-OH is 1. The van der Waals surface area contributed by atoms with Crippen molar-refractivity contribution >= 4 is 22.4 Å². The number of rotatable bonds is 4. The van der Waals surface area contributed by atoms with Gasteiger partial charge in [0.25, 0.3) is 0 Å². The van der Waals surface area contributed by atoms with Gasteiger partial charge in [-0.15, -0.1) is 0 Å². The Balaban J connectivity index is 1.60. The molecule has 0 bridgehead atoms. The van der Waals surface area contributed by atoms with Crippen LogP contribution in [0.25, 0.3) is 16.6 Å².